The van der Waals surface area contributed by atoms with Crippen molar-refractivity contribution in [3.63, 3.8) is 0 Å². The lowest BCUT2D eigenvalue weighted by Gasteiger charge is -2.28. The predicted molar refractivity (Wildman–Crippen MR) is 86.7 cm³/mol. The average molecular weight is 289 g/mol. The second kappa shape index (κ2) is 7.43. The van der Waals surface area contributed by atoms with Crippen molar-refractivity contribution < 1.29 is 4.79 Å². The van der Waals surface area contributed by atoms with E-state index >= 15 is 0 Å². The van der Waals surface area contributed by atoms with Crippen molar-refractivity contribution >= 4 is 11.6 Å². The monoisotopic (exact) mass is 289 g/mol. The van der Waals surface area contributed by atoms with E-state index < -0.39 is 0 Å². The number of carbonyl (C=O) groups is 1. The van der Waals surface area contributed by atoms with Crippen LogP contribution in [0.2, 0.25) is 0 Å². The second-order valence-electron chi connectivity index (χ2n) is 5.96. The maximum Gasteiger partial charge on any atom is 0.257 e. The van der Waals surface area contributed by atoms with E-state index in [1.54, 1.807) is 6.20 Å². The maximum atomic E-state index is 12.8. The van der Waals surface area contributed by atoms with Gasteiger partial charge < -0.3 is 10.2 Å². The highest BCUT2D eigenvalue weighted by Crippen LogP contribution is 2.24. The smallest absolute Gasteiger partial charge is 0.257 e. The summed E-state index contributed by atoms with van der Waals surface area (Å²) >= 11 is 0. The highest BCUT2D eigenvalue weighted by molar-refractivity contribution is 5.99. The first-order chi connectivity index (χ1) is 10.1. The Balaban J connectivity index is 2.18. The summed E-state index contributed by atoms with van der Waals surface area (Å²) in [5.74, 6) is 0.0883. The predicted octanol–water partition coefficient (Wildman–Crippen LogP) is 3.62. The molecule has 1 amide bonds. The Morgan fingerprint density at radius 2 is 2.00 bits per heavy atom. The van der Waals surface area contributed by atoms with Crippen LogP contribution in [0.4, 0.5) is 5.69 Å². The maximum absolute atomic E-state index is 12.8. The minimum absolute atomic E-state index is 0.0883. The number of anilines is 1. The molecule has 1 aromatic heterocycles. The normalized spacial score (nSPS) is 16.3. The highest BCUT2D eigenvalue weighted by atomic mass is 16.2. The van der Waals surface area contributed by atoms with Gasteiger partial charge in [0, 0.05) is 31.5 Å². The van der Waals surface area contributed by atoms with Crippen molar-refractivity contribution in [3.05, 3.63) is 23.5 Å². The van der Waals surface area contributed by atoms with E-state index in [0.717, 1.165) is 30.8 Å². The Morgan fingerprint density at radius 1 is 1.33 bits per heavy atom. The molecule has 0 spiro atoms. The lowest BCUT2D eigenvalue weighted by atomic mass is 10.1. The average Bonchev–Trinajstić information content (AvgIpc) is 2.75. The Labute approximate surface area is 127 Å². The van der Waals surface area contributed by atoms with E-state index in [9.17, 15) is 4.79 Å². The van der Waals surface area contributed by atoms with Gasteiger partial charge in [0.1, 0.15) is 0 Å². The number of amides is 1. The molecule has 1 aromatic rings. The van der Waals surface area contributed by atoms with Gasteiger partial charge in [0.25, 0.3) is 5.91 Å². The van der Waals surface area contributed by atoms with Gasteiger partial charge in [-0.15, -0.1) is 0 Å². The van der Waals surface area contributed by atoms with Crippen LogP contribution < -0.4 is 5.32 Å². The van der Waals surface area contributed by atoms with Crippen molar-refractivity contribution in [2.75, 3.05) is 18.9 Å². The van der Waals surface area contributed by atoms with Crippen LogP contribution in [0.15, 0.2) is 12.3 Å². The van der Waals surface area contributed by atoms with Gasteiger partial charge in [-0.3, -0.25) is 9.78 Å². The van der Waals surface area contributed by atoms with Crippen molar-refractivity contribution in [1.29, 1.82) is 0 Å². The molecule has 0 bridgehead atoms. The molecular weight excluding hydrogens is 262 g/mol. The zero-order valence-corrected chi connectivity index (χ0v) is 13.5. The molecule has 1 saturated carbocycles. The molecule has 1 aliphatic carbocycles. The summed E-state index contributed by atoms with van der Waals surface area (Å²) in [6.45, 7) is 4.79. The third-order valence-electron chi connectivity index (χ3n) is 4.33. The number of hydrogen-bond donors (Lipinski definition) is 1. The minimum Gasteiger partial charge on any atom is -0.385 e. The molecule has 1 aliphatic rings. The lowest BCUT2D eigenvalue weighted by molar-refractivity contribution is 0.0718. The zero-order valence-electron chi connectivity index (χ0n) is 13.5. The largest absolute Gasteiger partial charge is 0.385 e. The van der Waals surface area contributed by atoms with Crippen LogP contribution >= 0.6 is 0 Å². The van der Waals surface area contributed by atoms with E-state index in [4.69, 9.17) is 0 Å². The van der Waals surface area contributed by atoms with E-state index in [0.29, 0.717) is 11.6 Å². The molecule has 4 heteroatoms. The first-order valence-corrected chi connectivity index (χ1v) is 8.11. The first-order valence-electron chi connectivity index (χ1n) is 8.11. The molecule has 0 aromatic carbocycles. The van der Waals surface area contributed by atoms with Gasteiger partial charge in [0.2, 0.25) is 0 Å². The van der Waals surface area contributed by atoms with Crippen molar-refractivity contribution in [1.82, 2.24) is 9.88 Å². The topological polar surface area (TPSA) is 45.2 Å². The van der Waals surface area contributed by atoms with Crippen molar-refractivity contribution in [3.8, 4) is 0 Å². The van der Waals surface area contributed by atoms with E-state index in [2.05, 4.69) is 10.3 Å². The number of aryl methyl sites for hydroxylation is 1. The summed E-state index contributed by atoms with van der Waals surface area (Å²) in [4.78, 5) is 19.0. The molecule has 1 N–H and O–H groups in total. The number of nitrogens with zero attached hydrogens (tertiary/aromatic N) is 2. The molecule has 2 rings (SSSR count). The fraction of sp³-hybridized carbons (Fsp3) is 0.647. The number of pyridine rings is 1. The Kier molecular flexibility index (Phi) is 5.59. The summed E-state index contributed by atoms with van der Waals surface area (Å²) in [7, 11) is 1.94. The van der Waals surface area contributed by atoms with Gasteiger partial charge in [-0.1, -0.05) is 25.7 Å². The Morgan fingerprint density at radius 3 is 2.62 bits per heavy atom. The molecule has 0 saturated heterocycles. The fourth-order valence-corrected chi connectivity index (χ4v) is 3.07. The fourth-order valence-electron chi connectivity index (χ4n) is 3.07. The van der Waals surface area contributed by atoms with Crippen molar-refractivity contribution in [2.24, 2.45) is 0 Å². The summed E-state index contributed by atoms with van der Waals surface area (Å²) < 4.78 is 0. The quantitative estimate of drug-likeness (QED) is 0.861. The molecular formula is C17H27N3O. The number of carbonyl (C=O) groups excluding carboxylic acids is 1. The van der Waals surface area contributed by atoms with Gasteiger partial charge in [-0.2, -0.15) is 0 Å². The van der Waals surface area contributed by atoms with E-state index in [1.165, 1.54) is 25.7 Å². The molecule has 1 fully saturated rings. The molecule has 21 heavy (non-hydrogen) atoms. The van der Waals surface area contributed by atoms with Gasteiger partial charge in [0.15, 0.2) is 0 Å². The molecule has 4 nitrogen and oxygen atoms in total. The van der Waals surface area contributed by atoms with Crippen LogP contribution in [0, 0.1) is 6.92 Å². The third-order valence-corrected chi connectivity index (χ3v) is 4.33. The highest BCUT2D eigenvalue weighted by Gasteiger charge is 2.24. The Bertz CT molecular complexity index is 479. The van der Waals surface area contributed by atoms with Gasteiger partial charge >= 0.3 is 0 Å². The second-order valence-corrected chi connectivity index (χ2v) is 5.96. The van der Waals surface area contributed by atoms with Crippen LogP contribution in [0.25, 0.3) is 0 Å². The van der Waals surface area contributed by atoms with Crippen LogP contribution in [0.3, 0.4) is 0 Å². The van der Waals surface area contributed by atoms with Crippen LogP contribution in [0.5, 0.6) is 0 Å². The van der Waals surface area contributed by atoms with Gasteiger partial charge in [-0.25, -0.2) is 0 Å². The molecule has 0 atom stereocenters. The summed E-state index contributed by atoms with van der Waals surface area (Å²) in [6, 6.07) is 2.33. The molecule has 0 aliphatic heterocycles. The zero-order chi connectivity index (χ0) is 15.2. The number of nitrogens with one attached hydrogen (secondary N) is 1. The number of aromatic nitrogens is 1. The molecule has 0 radical (unpaired) electrons. The standard InChI is InChI=1S/C17H27N3O/c1-4-18-16-11-13(2)19-12-15(16)17(21)20(3)14-9-7-5-6-8-10-14/h11-12,14H,4-10H2,1-3H3,(H,18,19). The Hall–Kier alpha value is -1.58. The molecule has 116 valence electrons. The van der Waals surface area contributed by atoms with Gasteiger partial charge in [0.05, 0.1) is 11.3 Å². The molecule has 0 unspecified atom stereocenters. The molecule has 1 heterocycles. The SMILES string of the molecule is CCNc1cc(C)ncc1C(=O)N(C)C1CCCCCC1. The van der Waals surface area contributed by atoms with Gasteiger partial charge in [-0.05, 0) is 32.8 Å². The first kappa shape index (κ1) is 15.8. The summed E-state index contributed by atoms with van der Waals surface area (Å²) in [5, 5.41) is 3.28. The van der Waals surface area contributed by atoms with E-state index in [-0.39, 0.29) is 5.91 Å². The summed E-state index contributed by atoms with van der Waals surface area (Å²) in [5.41, 5.74) is 2.52. The summed E-state index contributed by atoms with van der Waals surface area (Å²) in [6.07, 6.45) is 9.02. The van der Waals surface area contributed by atoms with E-state index in [1.807, 2.05) is 31.9 Å². The van der Waals surface area contributed by atoms with Crippen LogP contribution in [-0.2, 0) is 0 Å². The number of rotatable bonds is 4. The lowest BCUT2D eigenvalue weighted by Crippen LogP contribution is -2.37. The van der Waals surface area contributed by atoms with Crippen LogP contribution in [-0.4, -0.2) is 35.4 Å². The van der Waals surface area contributed by atoms with Crippen molar-refractivity contribution in [2.45, 2.75) is 58.4 Å². The number of hydrogen-bond acceptors (Lipinski definition) is 3. The third kappa shape index (κ3) is 3.96. The minimum atomic E-state index is 0.0883. The van der Waals surface area contributed by atoms with Crippen LogP contribution in [0.1, 0.15) is 61.5 Å².